The van der Waals surface area contributed by atoms with Gasteiger partial charge >= 0.3 is 6.09 Å². The molecule has 1 aromatic heterocycles. The number of nitrogens with one attached hydrogen (secondary N) is 1. The van der Waals surface area contributed by atoms with E-state index in [1.165, 1.54) is 0 Å². The molecule has 0 aliphatic carbocycles. The molecule has 1 amide bonds. The molecule has 3 heterocycles. The van der Waals surface area contributed by atoms with E-state index in [1.807, 2.05) is 56.9 Å². The summed E-state index contributed by atoms with van der Waals surface area (Å²) in [5.41, 5.74) is 2.73. The number of carbonyl (C=O) groups excluding carboxylic acids is 1. The highest BCUT2D eigenvalue weighted by Gasteiger charge is 2.36. The number of carbonyl (C=O) groups is 1. The molecular formula is C22H30N6O2. The molecule has 8 nitrogen and oxygen atoms in total. The number of aryl methyl sites for hydroxylation is 1. The quantitative estimate of drug-likeness (QED) is 0.841. The minimum atomic E-state index is -0.479. The van der Waals surface area contributed by atoms with Gasteiger partial charge in [-0.1, -0.05) is 30.3 Å². The van der Waals surface area contributed by atoms with E-state index in [0.717, 1.165) is 29.3 Å². The topological polar surface area (TPSA) is 75.0 Å². The van der Waals surface area contributed by atoms with Crippen LogP contribution in [0.3, 0.4) is 0 Å². The third-order valence-corrected chi connectivity index (χ3v) is 5.25. The van der Waals surface area contributed by atoms with Crippen molar-refractivity contribution in [3.05, 3.63) is 42.1 Å². The van der Waals surface area contributed by atoms with Gasteiger partial charge in [-0.2, -0.15) is 5.10 Å². The molecule has 1 N–H and O–H groups in total. The second kappa shape index (κ2) is 8.01. The number of hydrogen-bond donors (Lipinski definition) is 1. The summed E-state index contributed by atoms with van der Waals surface area (Å²) in [6, 6.07) is 10.4. The fourth-order valence-corrected chi connectivity index (χ4v) is 3.90. The van der Waals surface area contributed by atoms with E-state index in [1.54, 1.807) is 4.90 Å². The second-order valence-corrected chi connectivity index (χ2v) is 8.83. The number of ether oxygens (including phenoxy) is 1. The van der Waals surface area contributed by atoms with E-state index >= 15 is 0 Å². The maximum absolute atomic E-state index is 12.4. The van der Waals surface area contributed by atoms with E-state index in [-0.39, 0.29) is 12.1 Å². The van der Waals surface area contributed by atoms with E-state index < -0.39 is 5.60 Å². The Morgan fingerprint density at radius 2 is 2.00 bits per heavy atom. The lowest BCUT2D eigenvalue weighted by molar-refractivity contribution is 0.0137. The molecule has 2 aliphatic rings. The van der Waals surface area contributed by atoms with Crippen molar-refractivity contribution in [2.24, 2.45) is 12.0 Å². The standard InChI is InChI=1S/C22H30N6O2/c1-22(2,3)30-21(29)27-10-11-28-18(15-27)13-24-20(28)23-12-17-14-26(4)25-19(17)16-8-6-5-7-9-16/h5-9,14,18H,10-13,15H2,1-4H3,(H,23,24). The summed E-state index contributed by atoms with van der Waals surface area (Å²) in [6.07, 6.45) is 1.80. The Morgan fingerprint density at radius 1 is 1.23 bits per heavy atom. The molecule has 160 valence electrons. The van der Waals surface area contributed by atoms with Gasteiger partial charge in [-0.25, -0.2) is 4.79 Å². The largest absolute Gasteiger partial charge is 0.444 e. The van der Waals surface area contributed by atoms with E-state index in [2.05, 4.69) is 27.4 Å². The number of amides is 1. The predicted octanol–water partition coefficient (Wildman–Crippen LogP) is 2.47. The second-order valence-electron chi connectivity index (χ2n) is 8.83. The smallest absolute Gasteiger partial charge is 0.410 e. The van der Waals surface area contributed by atoms with E-state index in [4.69, 9.17) is 9.73 Å². The van der Waals surface area contributed by atoms with Gasteiger partial charge in [-0.05, 0) is 20.8 Å². The van der Waals surface area contributed by atoms with Crippen LogP contribution < -0.4 is 5.32 Å². The van der Waals surface area contributed by atoms with Crippen molar-refractivity contribution in [2.75, 3.05) is 26.2 Å². The molecule has 1 aromatic carbocycles. The first-order valence-corrected chi connectivity index (χ1v) is 10.4. The van der Waals surface area contributed by atoms with Crippen LogP contribution in [0, 0.1) is 0 Å². The summed E-state index contributed by atoms with van der Waals surface area (Å²) >= 11 is 0. The summed E-state index contributed by atoms with van der Waals surface area (Å²) in [7, 11) is 1.94. The molecule has 2 aliphatic heterocycles. The summed E-state index contributed by atoms with van der Waals surface area (Å²) in [5.74, 6) is 0.895. The highest BCUT2D eigenvalue weighted by molar-refractivity contribution is 5.83. The molecule has 1 saturated heterocycles. The van der Waals surface area contributed by atoms with Crippen LogP contribution >= 0.6 is 0 Å². The van der Waals surface area contributed by atoms with Crippen molar-refractivity contribution in [2.45, 2.75) is 39.0 Å². The maximum atomic E-state index is 12.4. The molecule has 1 atom stereocenters. The molecule has 8 heteroatoms. The van der Waals surface area contributed by atoms with Crippen molar-refractivity contribution in [1.82, 2.24) is 24.9 Å². The van der Waals surface area contributed by atoms with Crippen LogP contribution in [0.2, 0.25) is 0 Å². The number of fused-ring (bicyclic) bond motifs is 1. The van der Waals surface area contributed by atoms with Gasteiger partial charge in [0.15, 0.2) is 5.96 Å². The van der Waals surface area contributed by atoms with Gasteiger partial charge < -0.3 is 19.9 Å². The molecule has 2 aromatic rings. The molecule has 4 rings (SSSR count). The molecule has 30 heavy (non-hydrogen) atoms. The number of aliphatic imine (C=N–C) groups is 1. The maximum Gasteiger partial charge on any atom is 0.410 e. The van der Waals surface area contributed by atoms with Crippen molar-refractivity contribution in [3.63, 3.8) is 0 Å². The Morgan fingerprint density at radius 3 is 2.73 bits per heavy atom. The van der Waals surface area contributed by atoms with Crippen LogP contribution in [-0.4, -0.2) is 69.5 Å². The third kappa shape index (κ3) is 4.42. The number of hydrogen-bond acceptors (Lipinski definition) is 6. The SMILES string of the molecule is Cn1cc(CNC2=NCC3CN(C(=O)OC(C)(C)C)CCN23)c(-c2ccccc2)n1. The van der Waals surface area contributed by atoms with Gasteiger partial charge in [0.05, 0.1) is 18.3 Å². The minimum Gasteiger partial charge on any atom is -0.444 e. The summed E-state index contributed by atoms with van der Waals surface area (Å²) < 4.78 is 7.37. The zero-order valence-corrected chi connectivity index (χ0v) is 18.1. The van der Waals surface area contributed by atoms with Crippen molar-refractivity contribution < 1.29 is 9.53 Å². The van der Waals surface area contributed by atoms with Crippen LogP contribution in [0.5, 0.6) is 0 Å². The lowest BCUT2D eigenvalue weighted by Gasteiger charge is -2.39. The number of aromatic nitrogens is 2. The average Bonchev–Trinajstić information content (AvgIpc) is 3.28. The van der Waals surface area contributed by atoms with Gasteiger partial charge in [-0.3, -0.25) is 9.67 Å². The Bertz CT molecular complexity index is 931. The van der Waals surface area contributed by atoms with Gasteiger partial charge in [0.25, 0.3) is 0 Å². The first-order chi connectivity index (χ1) is 14.3. The monoisotopic (exact) mass is 410 g/mol. The molecule has 0 bridgehead atoms. The summed E-state index contributed by atoms with van der Waals surface area (Å²) in [4.78, 5) is 21.1. The summed E-state index contributed by atoms with van der Waals surface area (Å²) in [6.45, 7) is 9.02. The fourth-order valence-electron chi connectivity index (χ4n) is 3.90. The number of nitrogens with zero attached hydrogens (tertiary/aromatic N) is 5. The van der Waals surface area contributed by atoms with Crippen molar-refractivity contribution in [3.8, 4) is 11.3 Å². The predicted molar refractivity (Wildman–Crippen MR) is 116 cm³/mol. The van der Waals surface area contributed by atoms with Gasteiger partial charge in [0.1, 0.15) is 5.60 Å². The minimum absolute atomic E-state index is 0.191. The lowest BCUT2D eigenvalue weighted by atomic mass is 10.1. The highest BCUT2D eigenvalue weighted by Crippen LogP contribution is 2.22. The number of rotatable bonds is 3. The number of benzene rings is 1. The van der Waals surface area contributed by atoms with E-state index in [0.29, 0.717) is 26.2 Å². The van der Waals surface area contributed by atoms with Crippen LogP contribution in [0.4, 0.5) is 4.79 Å². The molecular weight excluding hydrogens is 380 g/mol. The summed E-state index contributed by atoms with van der Waals surface area (Å²) in [5, 5.41) is 8.12. The molecule has 0 spiro atoms. The Labute approximate surface area is 177 Å². The third-order valence-electron chi connectivity index (χ3n) is 5.25. The lowest BCUT2D eigenvalue weighted by Crippen LogP contribution is -2.57. The zero-order valence-electron chi connectivity index (χ0n) is 18.1. The van der Waals surface area contributed by atoms with Crippen LogP contribution in [-0.2, 0) is 18.3 Å². The Hall–Kier alpha value is -3.03. The highest BCUT2D eigenvalue weighted by atomic mass is 16.6. The van der Waals surface area contributed by atoms with Crippen molar-refractivity contribution >= 4 is 12.1 Å². The molecule has 1 fully saturated rings. The van der Waals surface area contributed by atoms with E-state index in [9.17, 15) is 4.79 Å². The van der Waals surface area contributed by atoms with Gasteiger partial charge in [0, 0.05) is 50.6 Å². The first-order valence-electron chi connectivity index (χ1n) is 10.4. The van der Waals surface area contributed by atoms with Gasteiger partial charge in [0.2, 0.25) is 0 Å². The van der Waals surface area contributed by atoms with Crippen LogP contribution in [0.1, 0.15) is 26.3 Å². The zero-order chi connectivity index (χ0) is 21.3. The fraction of sp³-hybridized carbons (Fsp3) is 0.500. The molecule has 0 saturated carbocycles. The van der Waals surface area contributed by atoms with Gasteiger partial charge in [-0.15, -0.1) is 0 Å². The Balaban J connectivity index is 1.37. The molecule has 0 radical (unpaired) electrons. The normalized spacial score (nSPS) is 18.8. The van der Waals surface area contributed by atoms with Crippen LogP contribution in [0.15, 0.2) is 41.5 Å². The molecule has 1 unspecified atom stereocenters. The van der Waals surface area contributed by atoms with Crippen LogP contribution in [0.25, 0.3) is 11.3 Å². The number of piperazine rings is 1. The van der Waals surface area contributed by atoms with Crippen molar-refractivity contribution in [1.29, 1.82) is 0 Å². The average molecular weight is 411 g/mol. The Kier molecular flexibility index (Phi) is 5.40. The first kappa shape index (κ1) is 20.3. The number of guanidine groups is 1.